The van der Waals surface area contributed by atoms with E-state index >= 15 is 0 Å². The average Bonchev–Trinajstić information content (AvgIpc) is 2.50. The highest BCUT2D eigenvalue weighted by atomic mass is 32.1. The number of carbonyl (C=O) groups excluding carboxylic acids is 9. The molecular formula is C64H99N13O12S. The molecule has 0 bridgehead atoms. The highest BCUT2D eigenvalue weighted by molar-refractivity contribution is 7.09. The van der Waals surface area contributed by atoms with Gasteiger partial charge in [-0.05, 0) is 80.5 Å². The molecule has 12 atom stereocenters. The number of anilines is 1. The molecule has 10 amide bonds. The Balaban J connectivity index is 1.28. The van der Waals surface area contributed by atoms with Crippen molar-refractivity contribution in [3.63, 3.8) is 0 Å². The lowest BCUT2D eigenvalue weighted by molar-refractivity contribution is -0.146. The molecule has 90 heavy (non-hydrogen) atoms. The van der Waals surface area contributed by atoms with Crippen LogP contribution < -0.4 is 43.4 Å². The van der Waals surface area contributed by atoms with Gasteiger partial charge in [-0.2, -0.15) is 0 Å². The zero-order valence-corrected chi connectivity index (χ0v) is 55.3. The maximum Gasteiger partial charge on any atom is 0.408 e. The van der Waals surface area contributed by atoms with Crippen LogP contribution in [0.5, 0.6) is 0 Å². The summed E-state index contributed by atoms with van der Waals surface area (Å²) >= 11 is 1.45. The van der Waals surface area contributed by atoms with E-state index in [1.807, 2.05) is 56.6 Å². The molecular weight excluding hydrogens is 1170 g/mol. The fourth-order valence-corrected chi connectivity index (χ4v) is 12.1. The van der Waals surface area contributed by atoms with Gasteiger partial charge in [0, 0.05) is 76.3 Å². The van der Waals surface area contributed by atoms with Gasteiger partial charge in [0.25, 0.3) is 5.91 Å². The number of carbonyl (C=O) groups is 9. The number of rotatable bonds is 32. The fraction of sp³-hybridized carbons (Fsp3) is 0.625. The van der Waals surface area contributed by atoms with Crippen LogP contribution in [0, 0.1) is 29.6 Å². The number of nitrogens with zero attached hydrogens (tertiary/aromatic N) is 5. The molecule has 2 fully saturated rings. The Morgan fingerprint density at radius 2 is 1.46 bits per heavy atom. The van der Waals surface area contributed by atoms with E-state index in [0.29, 0.717) is 64.8 Å². The first kappa shape index (κ1) is 73.5. The van der Waals surface area contributed by atoms with Crippen molar-refractivity contribution < 1.29 is 57.7 Å². The van der Waals surface area contributed by atoms with E-state index < -0.39 is 114 Å². The monoisotopic (exact) mass is 1270 g/mol. The zero-order valence-electron chi connectivity index (χ0n) is 54.4. The number of amides is 10. The van der Waals surface area contributed by atoms with E-state index in [0.717, 1.165) is 10.6 Å². The van der Waals surface area contributed by atoms with Crippen LogP contribution in [0.4, 0.5) is 15.3 Å². The number of ether oxygens (including phenoxy) is 2. The number of alkyl carbamates (subject to hydrolysis) is 1. The van der Waals surface area contributed by atoms with Crippen molar-refractivity contribution in [3.8, 4) is 0 Å². The molecule has 2 aromatic carbocycles. The van der Waals surface area contributed by atoms with Crippen LogP contribution in [0.15, 0.2) is 66.2 Å². The highest BCUT2D eigenvalue weighted by Crippen LogP contribution is 2.31. The quantitative estimate of drug-likeness (QED) is 0.0398. The SMILES string of the molecule is CC[C@H](C)[C@@H]([C@H](O)CC(=O)N1CCC[C@H]1[C@H](OC)[C@@H](C)C(=O)N[C@@H](Cc1ccccc1)c1nccs1)N(C)C(=O)[C@@H](NC(=O)[C@@H](NC(=O)OC(C(=O)N1CCN(C)CC1)c1ccc(NC(=O)[C@H](CCCNC(N)=O)NC(=O)[C@@H](N)C(C)C)cc1)C(C)C)C(C)C. The van der Waals surface area contributed by atoms with Gasteiger partial charge in [-0.15, -0.1) is 11.3 Å². The maximum atomic E-state index is 14.8. The minimum Gasteiger partial charge on any atom is -0.431 e. The Bertz CT molecular complexity index is 2820. The third-order valence-corrected chi connectivity index (χ3v) is 18.0. The van der Waals surface area contributed by atoms with Crippen LogP contribution in [0.3, 0.4) is 0 Å². The molecule has 1 unspecified atom stereocenters. The number of aliphatic hydroxyl groups is 1. The third kappa shape index (κ3) is 20.9. The van der Waals surface area contributed by atoms with Crippen molar-refractivity contribution in [2.75, 3.05) is 65.8 Å². The molecule has 11 N–H and O–H groups in total. The Labute approximate surface area is 534 Å². The number of aromatic nitrogens is 1. The van der Waals surface area contributed by atoms with Gasteiger partial charge < -0.3 is 77.5 Å². The van der Waals surface area contributed by atoms with Crippen molar-refractivity contribution in [2.24, 2.45) is 41.1 Å². The number of hydrogen-bond acceptors (Lipinski definition) is 16. The second-order valence-electron chi connectivity index (χ2n) is 24.9. The molecule has 2 aliphatic heterocycles. The lowest BCUT2D eigenvalue weighted by atomic mass is 9.89. The first-order valence-electron chi connectivity index (χ1n) is 31.4. The fourth-order valence-electron chi connectivity index (χ4n) is 11.4. The molecule has 26 heteroatoms. The molecule has 2 saturated heterocycles. The number of nitrogens with one attached hydrogen (secondary N) is 6. The summed E-state index contributed by atoms with van der Waals surface area (Å²) in [5.41, 5.74) is 12.9. The number of aliphatic hydroxyl groups excluding tert-OH is 1. The van der Waals surface area contributed by atoms with Crippen LogP contribution in [-0.2, 0) is 49.5 Å². The van der Waals surface area contributed by atoms with Crippen LogP contribution in [0.1, 0.15) is 129 Å². The average molecular weight is 1270 g/mol. The predicted octanol–water partition coefficient (Wildman–Crippen LogP) is 4.07. The van der Waals surface area contributed by atoms with Crippen molar-refractivity contribution in [2.45, 2.75) is 168 Å². The first-order chi connectivity index (χ1) is 42.7. The Morgan fingerprint density at radius 3 is 2.03 bits per heavy atom. The standard InChI is InChI=1S/C64H99N13O12S/c1-13-40(8)53(48(78)36-49(79)77-29-18-22-47(77)54(88-12)41(9)56(80)71-46(60-67-28-34-90-60)35-42-19-15-14-16-20-42)75(11)61(84)52(39(6)7)72-59(83)51(38(4)5)73-64(87)89-55(62(85)76-32-30-74(10)31-33-76)43-23-25-44(26-24-43)69-57(81)45(21-17-27-68-63(66)86)70-58(82)50(65)37(2)3/h14-16,19-20,23-26,28,34,37-41,45-48,50-55,78H,13,17-18,21-22,27,29-33,35-36,65H2,1-12H3,(H,69,81)(H,70,82)(H,71,80)(H,72,83)(H,73,87)(H3,66,68,86)/t40-,41+,45-,46-,47-,48+,50-,51-,52-,53-,54+,55?/m0/s1. The van der Waals surface area contributed by atoms with E-state index in [2.05, 4.69) is 41.8 Å². The predicted molar refractivity (Wildman–Crippen MR) is 343 cm³/mol. The molecule has 0 aliphatic carbocycles. The number of thiazole rings is 1. The summed E-state index contributed by atoms with van der Waals surface area (Å²) in [5, 5.41) is 31.4. The van der Waals surface area contributed by atoms with Gasteiger partial charge in [0.05, 0.1) is 48.7 Å². The highest BCUT2D eigenvalue weighted by Gasteiger charge is 2.44. The lowest BCUT2D eigenvalue weighted by Crippen LogP contribution is -2.60. The molecule has 25 nitrogen and oxygen atoms in total. The van der Waals surface area contributed by atoms with Crippen molar-refractivity contribution in [1.82, 2.24) is 51.2 Å². The van der Waals surface area contributed by atoms with Gasteiger partial charge in [-0.3, -0.25) is 33.6 Å². The molecule has 3 aromatic rings. The number of nitrogens with two attached hydrogens (primary N) is 2. The van der Waals surface area contributed by atoms with Gasteiger partial charge in [-0.25, -0.2) is 14.6 Å². The van der Waals surface area contributed by atoms with E-state index in [4.69, 9.17) is 20.9 Å². The summed E-state index contributed by atoms with van der Waals surface area (Å²) in [6, 6.07) is 9.03. The summed E-state index contributed by atoms with van der Waals surface area (Å²) < 4.78 is 12.0. The number of likely N-dealkylation sites (tertiary alicyclic amines) is 1. The molecule has 498 valence electrons. The van der Waals surface area contributed by atoms with Crippen molar-refractivity contribution >= 4 is 70.5 Å². The summed E-state index contributed by atoms with van der Waals surface area (Å²) in [4.78, 5) is 135. The number of methoxy groups -OCH3 is 1. The summed E-state index contributed by atoms with van der Waals surface area (Å²) in [5.74, 6) is -5.75. The largest absolute Gasteiger partial charge is 0.431 e. The van der Waals surface area contributed by atoms with E-state index in [1.54, 1.807) is 64.5 Å². The number of urea groups is 1. The number of likely N-dealkylation sites (N-methyl/N-ethyl adjacent to an activating group) is 2. The second kappa shape index (κ2) is 35.4. The van der Waals surface area contributed by atoms with Gasteiger partial charge in [0.1, 0.15) is 23.1 Å². The molecule has 0 saturated carbocycles. The van der Waals surface area contributed by atoms with Crippen molar-refractivity contribution in [1.29, 1.82) is 0 Å². The molecule has 0 spiro atoms. The van der Waals surface area contributed by atoms with Crippen molar-refractivity contribution in [3.05, 3.63) is 82.3 Å². The molecule has 3 heterocycles. The van der Waals surface area contributed by atoms with Crippen LogP contribution in [0.25, 0.3) is 0 Å². The topological polar surface area (TPSA) is 342 Å². The number of hydrogen-bond donors (Lipinski definition) is 9. The van der Waals surface area contributed by atoms with Gasteiger partial charge in [-0.1, -0.05) is 111 Å². The molecule has 0 radical (unpaired) electrons. The van der Waals surface area contributed by atoms with E-state index in [-0.39, 0.29) is 60.3 Å². The molecule has 2 aliphatic rings. The first-order valence-corrected chi connectivity index (χ1v) is 32.3. The molecule has 5 rings (SSSR count). The summed E-state index contributed by atoms with van der Waals surface area (Å²) in [6.07, 6.45) is -0.539. The van der Waals surface area contributed by atoms with E-state index in [9.17, 15) is 48.3 Å². The van der Waals surface area contributed by atoms with Gasteiger partial charge in [0.2, 0.25) is 41.5 Å². The summed E-state index contributed by atoms with van der Waals surface area (Å²) in [7, 11) is 4.99. The van der Waals surface area contributed by atoms with E-state index in [1.165, 1.54) is 54.7 Å². The second-order valence-corrected chi connectivity index (χ2v) is 25.8. The summed E-state index contributed by atoms with van der Waals surface area (Å²) in [6.45, 7) is 18.4. The Hall–Kier alpha value is -7.26. The molecule has 1 aromatic heterocycles. The minimum absolute atomic E-state index is 0.133. The number of primary amides is 1. The number of piperazine rings is 1. The Kier molecular flexibility index (Phi) is 28.9. The van der Waals surface area contributed by atoms with Crippen LogP contribution in [0.2, 0.25) is 0 Å². The van der Waals surface area contributed by atoms with Gasteiger partial charge >= 0.3 is 12.1 Å². The van der Waals surface area contributed by atoms with Crippen LogP contribution in [-0.4, -0.2) is 192 Å². The smallest absolute Gasteiger partial charge is 0.408 e. The number of benzene rings is 2. The minimum atomic E-state index is -1.50. The van der Waals surface area contributed by atoms with Gasteiger partial charge in [0.15, 0.2) is 0 Å². The maximum absolute atomic E-state index is 14.8. The Morgan fingerprint density at radius 1 is 0.800 bits per heavy atom. The lowest BCUT2D eigenvalue weighted by Gasteiger charge is -2.40. The third-order valence-electron chi connectivity index (χ3n) is 17.1. The zero-order chi connectivity index (χ0) is 66.5. The van der Waals surface area contributed by atoms with Crippen LogP contribution >= 0.6 is 11.3 Å². The normalized spacial score (nSPS) is 18.2.